The fraction of sp³-hybridized carbons (Fsp3) is 0.562. The van der Waals surface area contributed by atoms with Crippen LogP contribution in [0.15, 0.2) is 24.5 Å². The van der Waals surface area contributed by atoms with Crippen LogP contribution in [0.5, 0.6) is 0 Å². The SMILES string of the molecule is CC1CN[C@@H](CCCCCNC(=O)c2ccncc2)C1=O. The lowest BCUT2D eigenvalue weighted by atomic mass is 10.0. The number of carbonyl (C=O) groups excluding carboxylic acids is 2. The maximum atomic E-state index is 11.8. The summed E-state index contributed by atoms with van der Waals surface area (Å²) in [4.78, 5) is 27.4. The third-order valence-electron chi connectivity index (χ3n) is 3.90. The highest BCUT2D eigenvalue weighted by molar-refractivity contribution is 5.93. The molecule has 0 bridgehead atoms. The predicted octanol–water partition coefficient (Wildman–Crippen LogP) is 1.55. The lowest BCUT2D eigenvalue weighted by Gasteiger charge is -2.09. The molecule has 1 aromatic heterocycles. The van der Waals surface area contributed by atoms with Crippen molar-refractivity contribution in [1.82, 2.24) is 15.6 Å². The fourth-order valence-electron chi connectivity index (χ4n) is 2.57. The Morgan fingerprint density at radius 3 is 2.76 bits per heavy atom. The van der Waals surface area contributed by atoms with Crippen LogP contribution in [0.3, 0.4) is 0 Å². The lowest BCUT2D eigenvalue weighted by molar-refractivity contribution is -0.121. The molecule has 2 heterocycles. The van der Waals surface area contributed by atoms with Crippen molar-refractivity contribution in [3.8, 4) is 0 Å². The molecular formula is C16H23N3O2. The Labute approximate surface area is 125 Å². The van der Waals surface area contributed by atoms with Crippen molar-refractivity contribution < 1.29 is 9.59 Å². The number of rotatable bonds is 7. The Morgan fingerprint density at radius 2 is 2.10 bits per heavy atom. The summed E-state index contributed by atoms with van der Waals surface area (Å²) in [5.41, 5.74) is 0.639. The zero-order valence-electron chi connectivity index (χ0n) is 12.5. The van der Waals surface area contributed by atoms with Crippen molar-refractivity contribution in [2.75, 3.05) is 13.1 Å². The maximum absolute atomic E-state index is 11.8. The number of unbranched alkanes of at least 4 members (excludes halogenated alkanes) is 2. The topological polar surface area (TPSA) is 71.1 Å². The average molecular weight is 289 g/mol. The summed E-state index contributed by atoms with van der Waals surface area (Å²) in [5.74, 6) is 0.453. The van der Waals surface area contributed by atoms with Gasteiger partial charge in [-0.15, -0.1) is 0 Å². The highest BCUT2D eigenvalue weighted by Gasteiger charge is 2.29. The van der Waals surface area contributed by atoms with Crippen LogP contribution in [0.25, 0.3) is 0 Å². The van der Waals surface area contributed by atoms with Gasteiger partial charge >= 0.3 is 0 Å². The first-order chi connectivity index (χ1) is 10.2. The van der Waals surface area contributed by atoms with Crippen molar-refractivity contribution >= 4 is 11.7 Å². The van der Waals surface area contributed by atoms with Crippen LogP contribution in [-0.2, 0) is 4.79 Å². The molecule has 1 unspecified atom stereocenters. The van der Waals surface area contributed by atoms with Gasteiger partial charge in [-0.25, -0.2) is 0 Å². The molecule has 0 aromatic carbocycles. The van der Waals surface area contributed by atoms with E-state index in [-0.39, 0.29) is 17.9 Å². The van der Waals surface area contributed by atoms with Gasteiger partial charge in [0, 0.05) is 37.0 Å². The molecule has 1 aromatic rings. The second-order valence-electron chi connectivity index (χ2n) is 5.61. The number of pyridine rings is 1. The molecule has 1 aliphatic heterocycles. The van der Waals surface area contributed by atoms with E-state index in [1.165, 1.54) is 0 Å². The summed E-state index contributed by atoms with van der Waals surface area (Å²) < 4.78 is 0. The number of nitrogens with zero attached hydrogens (tertiary/aromatic N) is 1. The summed E-state index contributed by atoms with van der Waals surface area (Å²) in [6, 6.07) is 3.45. The van der Waals surface area contributed by atoms with Crippen LogP contribution >= 0.6 is 0 Å². The van der Waals surface area contributed by atoms with E-state index >= 15 is 0 Å². The zero-order valence-corrected chi connectivity index (χ0v) is 12.5. The number of amides is 1. The van der Waals surface area contributed by atoms with Gasteiger partial charge in [0.1, 0.15) is 0 Å². The monoisotopic (exact) mass is 289 g/mol. The lowest BCUT2D eigenvalue weighted by Crippen LogP contribution is -2.27. The van der Waals surface area contributed by atoms with Gasteiger partial charge in [-0.1, -0.05) is 19.8 Å². The number of hydrogen-bond donors (Lipinski definition) is 2. The molecule has 1 saturated heterocycles. The van der Waals surface area contributed by atoms with Crippen LogP contribution in [0.1, 0.15) is 43.0 Å². The molecule has 0 aliphatic carbocycles. The smallest absolute Gasteiger partial charge is 0.251 e. The molecule has 2 rings (SSSR count). The van der Waals surface area contributed by atoms with E-state index in [1.54, 1.807) is 24.5 Å². The van der Waals surface area contributed by atoms with Crippen molar-refractivity contribution in [2.24, 2.45) is 5.92 Å². The fourth-order valence-corrected chi connectivity index (χ4v) is 2.57. The molecule has 1 aliphatic rings. The second-order valence-corrected chi connectivity index (χ2v) is 5.61. The standard InChI is InChI=1S/C16H23N3O2/c1-12-11-19-14(15(12)20)5-3-2-4-8-18-16(21)13-6-9-17-10-7-13/h6-7,9-10,12,14,19H,2-5,8,11H2,1H3,(H,18,21)/t12?,14-/m0/s1. The predicted molar refractivity (Wildman–Crippen MR) is 81.0 cm³/mol. The number of ketones is 1. The highest BCUT2D eigenvalue weighted by Crippen LogP contribution is 2.14. The van der Waals surface area contributed by atoms with Crippen molar-refractivity contribution in [1.29, 1.82) is 0 Å². The Morgan fingerprint density at radius 1 is 1.33 bits per heavy atom. The van der Waals surface area contributed by atoms with Gasteiger partial charge in [-0.2, -0.15) is 0 Å². The molecule has 2 N–H and O–H groups in total. The number of nitrogens with one attached hydrogen (secondary N) is 2. The van der Waals surface area contributed by atoms with Crippen molar-refractivity contribution in [2.45, 2.75) is 38.6 Å². The molecule has 5 heteroatoms. The molecule has 0 spiro atoms. The van der Waals surface area contributed by atoms with Crippen molar-refractivity contribution in [3.63, 3.8) is 0 Å². The summed E-state index contributed by atoms with van der Waals surface area (Å²) in [5, 5.41) is 6.16. The van der Waals surface area contributed by atoms with E-state index in [9.17, 15) is 9.59 Å². The normalized spacial score (nSPS) is 21.5. The number of aromatic nitrogens is 1. The number of hydrogen-bond acceptors (Lipinski definition) is 4. The van der Waals surface area contributed by atoms with Gasteiger partial charge in [0.2, 0.25) is 0 Å². The summed E-state index contributed by atoms with van der Waals surface area (Å²) in [7, 11) is 0. The summed E-state index contributed by atoms with van der Waals surface area (Å²) in [6.07, 6.45) is 7.11. The van der Waals surface area contributed by atoms with Crippen LogP contribution in [0, 0.1) is 5.92 Å². The van der Waals surface area contributed by atoms with Gasteiger partial charge in [-0.3, -0.25) is 14.6 Å². The quantitative estimate of drug-likeness (QED) is 0.747. The second kappa shape index (κ2) is 7.88. The third-order valence-corrected chi connectivity index (χ3v) is 3.90. The van der Waals surface area contributed by atoms with E-state index in [0.29, 0.717) is 17.9 Å². The molecule has 1 amide bonds. The first-order valence-electron chi connectivity index (χ1n) is 7.64. The molecule has 114 valence electrons. The average Bonchev–Trinajstić information content (AvgIpc) is 2.83. The Kier molecular flexibility index (Phi) is 5.87. The Balaban J connectivity index is 1.54. The first kappa shape index (κ1) is 15.6. The van der Waals surface area contributed by atoms with E-state index in [2.05, 4.69) is 15.6 Å². The molecule has 0 radical (unpaired) electrons. The van der Waals surface area contributed by atoms with Crippen LogP contribution in [0.2, 0.25) is 0 Å². The van der Waals surface area contributed by atoms with Crippen LogP contribution < -0.4 is 10.6 Å². The van der Waals surface area contributed by atoms with Gasteiger partial charge in [-0.05, 0) is 25.0 Å². The molecule has 21 heavy (non-hydrogen) atoms. The molecule has 0 saturated carbocycles. The molecule has 5 nitrogen and oxygen atoms in total. The van der Waals surface area contributed by atoms with E-state index < -0.39 is 0 Å². The van der Waals surface area contributed by atoms with E-state index in [4.69, 9.17) is 0 Å². The number of Topliss-reactive ketones (excluding diaryl/α,β-unsaturated/α-hetero) is 1. The first-order valence-corrected chi connectivity index (χ1v) is 7.64. The molecular weight excluding hydrogens is 266 g/mol. The summed E-state index contributed by atoms with van der Waals surface area (Å²) in [6.45, 7) is 3.46. The third kappa shape index (κ3) is 4.63. The zero-order chi connectivity index (χ0) is 15.1. The molecule has 1 fully saturated rings. The van der Waals surface area contributed by atoms with Crippen molar-refractivity contribution in [3.05, 3.63) is 30.1 Å². The minimum absolute atomic E-state index is 0.0476. The highest BCUT2D eigenvalue weighted by atomic mass is 16.1. The van der Waals surface area contributed by atoms with Gasteiger partial charge in [0.05, 0.1) is 6.04 Å². The molecule has 2 atom stereocenters. The largest absolute Gasteiger partial charge is 0.352 e. The van der Waals surface area contributed by atoms with Gasteiger partial charge < -0.3 is 10.6 Å². The number of carbonyl (C=O) groups is 2. The maximum Gasteiger partial charge on any atom is 0.251 e. The summed E-state index contributed by atoms with van der Waals surface area (Å²) >= 11 is 0. The van der Waals surface area contributed by atoms with E-state index in [0.717, 1.165) is 32.2 Å². The minimum atomic E-state index is -0.0566. The Hall–Kier alpha value is -1.75. The van der Waals surface area contributed by atoms with Crippen LogP contribution in [0.4, 0.5) is 0 Å². The minimum Gasteiger partial charge on any atom is -0.352 e. The van der Waals surface area contributed by atoms with Gasteiger partial charge in [0.15, 0.2) is 5.78 Å². The van der Waals surface area contributed by atoms with Crippen LogP contribution in [-0.4, -0.2) is 35.8 Å². The Bertz CT molecular complexity index is 476. The van der Waals surface area contributed by atoms with Gasteiger partial charge in [0.25, 0.3) is 5.91 Å². The van der Waals surface area contributed by atoms with E-state index in [1.807, 2.05) is 6.92 Å².